The van der Waals surface area contributed by atoms with Crippen LogP contribution in [0, 0.1) is 5.82 Å². The number of halogens is 1. The van der Waals surface area contributed by atoms with E-state index in [2.05, 4.69) is 22.6 Å². The van der Waals surface area contributed by atoms with Crippen LogP contribution in [0.25, 0.3) is 0 Å². The minimum Gasteiger partial charge on any atom is -0.370 e. The first-order chi connectivity index (χ1) is 10.9. The quantitative estimate of drug-likeness (QED) is 0.896. The lowest BCUT2D eigenvalue weighted by Crippen LogP contribution is -2.44. The van der Waals surface area contributed by atoms with Gasteiger partial charge in [-0.2, -0.15) is 0 Å². The molecule has 0 radical (unpaired) electrons. The number of carbonyl (C=O) groups excluding carboxylic acids is 1. The van der Waals surface area contributed by atoms with E-state index < -0.39 is 0 Å². The van der Waals surface area contributed by atoms with Gasteiger partial charge in [-0.1, -0.05) is 0 Å². The van der Waals surface area contributed by atoms with E-state index in [0.717, 1.165) is 25.9 Å². The van der Waals surface area contributed by atoms with Crippen LogP contribution < -0.4 is 15.5 Å². The maximum atomic E-state index is 14.2. The van der Waals surface area contributed by atoms with Crippen molar-refractivity contribution >= 4 is 17.4 Å². The van der Waals surface area contributed by atoms with Gasteiger partial charge in [0.2, 0.25) is 0 Å². The maximum Gasteiger partial charge on any atom is 0.319 e. The summed E-state index contributed by atoms with van der Waals surface area (Å²) in [6.07, 6.45) is 1.88. The Morgan fingerprint density at radius 1 is 1.35 bits per heavy atom. The topological polar surface area (TPSA) is 47.6 Å². The molecule has 23 heavy (non-hydrogen) atoms. The minimum absolute atomic E-state index is 0.183. The van der Waals surface area contributed by atoms with Crippen molar-refractivity contribution < 1.29 is 9.18 Å². The van der Waals surface area contributed by atoms with Gasteiger partial charge >= 0.3 is 6.03 Å². The van der Waals surface area contributed by atoms with Crippen molar-refractivity contribution in [3.63, 3.8) is 0 Å². The number of urea groups is 1. The summed E-state index contributed by atoms with van der Waals surface area (Å²) in [4.78, 5) is 16.1. The van der Waals surface area contributed by atoms with Crippen LogP contribution in [0.3, 0.4) is 0 Å². The molecule has 2 rings (SSSR count). The monoisotopic (exact) mass is 322 g/mol. The number of nitrogens with one attached hydrogen (secondary N) is 2. The summed E-state index contributed by atoms with van der Waals surface area (Å²) < 4.78 is 14.2. The lowest BCUT2D eigenvalue weighted by atomic mass is 10.1. The van der Waals surface area contributed by atoms with E-state index in [4.69, 9.17) is 0 Å². The molecule has 1 heterocycles. The third-order valence-electron chi connectivity index (χ3n) is 4.41. The average Bonchev–Trinajstić information content (AvgIpc) is 2.49. The van der Waals surface area contributed by atoms with Gasteiger partial charge in [0, 0.05) is 24.8 Å². The van der Waals surface area contributed by atoms with E-state index in [9.17, 15) is 9.18 Å². The molecule has 1 aliphatic rings. The van der Waals surface area contributed by atoms with Gasteiger partial charge in [-0.25, -0.2) is 9.18 Å². The highest BCUT2D eigenvalue weighted by Gasteiger charge is 2.18. The van der Waals surface area contributed by atoms with E-state index in [0.29, 0.717) is 11.4 Å². The predicted octanol–water partition coefficient (Wildman–Crippen LogP) is 2.89. The normalized spacial score (nSPS) is 16.4. The number of benzene rings is 1. The van der Waals surface area contributed by atoms with Crippen LogP contribution >= 0.6 is 0 Å². The molecule has 128 valence electrons. The summed E-state index contributed by atoms with van der Waals surface area (Å²) in [5.41, 5.74) is 0.995. The third kappa shape index (κ3) is 4.82. The molecular formula is C17H27FN4O. The summed E-state index contributed by atoms with van der Waals surface area (Å²) >= 11 is 0. The summed E-state index contributed by atoms with van der Waals surface area (Å²) in [5.74, 6) is -0.335. The highest BCUT2D eigenvalue weighted by Crippen LogP contribution is 2.23. The summed E-state index contributed by atoms with van der Waals surface area (Å²) in [7, 11) is 3.93. The van der Waals surface area contributed by atoms with Gasteiger partial charge in [-0.15, -0.1) is 0 Å². The highest BCUT2D eigenvalue weighted by atomic mass is 19.1. The second kappa shape index (κ2) is 7.64. The van der Waals surface area contributed by atoms with Crippen LogP contribution in [-0.4, -0.2) is 50.2 Å². The van der Waals surface area contributed by atoms with Crippen LogP contribution in [0.2, 0.25) is 0 Å². The molecule has 2 amide bonds. The summed E-state index contributed by atoms with van der Waals surface area (Å²) in [6.45, 7) is 5.97. The van der Waals surface area contributed by atoms with Crippen LogP contribution in [0.5, 0.6) is 0 Å². The van der Waals surface area contributed by atoms with E-state index in [-0.39, 0.29) is 23.9 Å². The minimum atomic E-state index is -0.335. The number of piperidine rings is 1. The SMILES string of the molecule is CC(C)N(C)c1ccc(NC(=O)NC2CCN(C)CC2)cc1F. The van der Waals surface area contributed by atoms with E-state index in [1.54, 1.807) is 12.1 Å². The molecule has 2 N–H and O–H groups in total. The number of carbonyl (C=O) groups is 1. The number of hydrogen-bond donors (Lipinski definition) is 2. The summed E-state index contributed by atoms with van der Waals surface area (Å²) in [5, 5.41) is 5.67. The van der Waals surface area contributed by atoms with Crippen LogP contribution in [-0.2, 0) is 0 Å². The van der Waals surface area contributed by atoms with Crippen LogP contribution in [0.15, 0.2) is 18.2 Å². The van der Waals surface area contributed by atoms with E-state index in [1.807, 2.05) is 25.8 Å². The van der Waals surface area contributed by atoms with Crippen LogP contribution in [0.1, 0.15) is 26.7 Å². The fraction of sp³-hybridized carbons (Fsp3) is 0.588. The first kappa shape index (κ1) is 17.5. The molecule has 0 aliphatic carbocycles. The van der Waals surface area contributed by atoms with Gasteiger partial charge < -0.3 is 20.4 Å². The van der Waals surface area contributed by atoms with Crippen molar-refractivity contribution in [3.05, 3.63) is 24.0 Å². The van der Waals surface area contributed by atoms with Gasteiger partial charge in [0.05, 0.1) is 5.69 Å². The molecule has 0 aromatic heterocycles. The molecule has 1 aliphatic heterocycles. The van der Waals surface area contributed by atoms with Crippen molar-refractivity contribution in [2.75, 3.05) is 37.4 Å². The van der Waals surface area contributed by atoms with Crippen molar-refractivity contribution in [3.8, 4) is 0 Å². The average molecular weight is 322 g/mol. The number of likely N-dealkylation sites (tertiary alicyclic amines) is 1. The van der Waals surface area contributed by atoms with Gasteiger partial charge in [0.1, 0.15) is 5.82 Å². The predicted molar refractivity (Wildman–Crippen MR) is 92.6 cm³/mol. The largest absolute Gasteiger partial charge is 0.370 e. The molecule has 1 aromatic rings. The summed E-state index contributed by atoms with van der Waals surface area (Å²) in [6, 6.07) is 4.90. The third-order valence-corrected chi connectivity index (χ3v) is 4.41. The van der Waals surface area contributed by atoms with E-state index >= 15 is 0 Å². The number of hydrogen-bond acceptors (Lipinski definition) is 3. The number of amides is 2. The Labute approximate surface area is 137 Å². The Hall–Kier alpha value is -1.82. The molecule has 0 unspecified atom stereocenters. The molecule has 1 fully saturated rings. The maximum absolute atomic E-state index is 14.2. The van der Waals surface area contributed by atoms with Crippen LogP contribution in [0.4, 0.5) is 20.6 Å². The molecule has 0 bridgehead atoms. The standard InChI is InChI=1S/C17H27FN4O/c1-12(2)22(4)16-6-5-14(11-15(16)18)20-17(23)19-13-7-9-21(3)10-8-13/h5-6,11-13H,7-10H2,1-4H3,(H2,19,20,23). The Bertz CT molecular complexity index is 541. The Morgan fingerprint density at radius 2 is 2.00 bits per heavy atom. The first-order valence-electron chi connectivity index (χ1n) is 8.15. The molecule has 1 aromatic carbocycles. The van der Waals surface area contributed by atoms with Crippen molar-refractivity contribution in [2.45, 2.75) is 38.8 Å². The zero-order valence-corrected chi connectivity index (χ0v) is 14.4. The lowest BCUT2D eigenvalue weighted by Gasteiger charge is -2.29. The molecule has 0 spiro atoms. The molecular weight excluding hydrogens is 295 g/mol. The second-order valence-electron chi connectivity index (χ2n) is 6.55. The molecule has 0 atom stereocenters. The fourth-order valence-electron chi connectivity index (χ4n) is 2.65. The van der Waals surface area contributed by atoms with Gasteiger partial charge in [-0.05, 0) is 65.0 Å². The first-order valence-corrected chi connectivity index (χ1v) is 8.15. The zero-order valence-electron chi connectivity index (χ0n) is 14.4. The lowest BCUT2D eigenvalue weighted by molar-refractivity contribution is 0.221. The molecule has 6 heteroatoms. The van der Waals surface area contributed by atoms with Crippen molar-refractivity contribution in [2.24, 2.45) is 0 Å². The number of rotatable bonds is 4. The van der Waals surface area contributed by atoms with Crippen molar-refractivity contribution in [1.29, 1.82) is 0 Å². The molecule has 5 nitrogen and oxygen atoms in total. The second-order valence-corrected chi connectivity index (χ2v) is 6.55. The van der Waals surface area contributed by atoms with E-state index in [1.165, 1.54) is 6.07 Å². The Morgan fingerprint density at radius 3 is 2.57 bits per heavy atom. The Kier molecular flexibility index (Phi) is 5.82. The van der Waals surface area contributed by atoms with Crippen molar-refractivity contribution in [1.82, 2.24) is 10.2 Å². The van der Waals surface area contributed by atoms with Gasteiger partial charge in [-0.3, -0.25) is 0 Å². The van der Waals surface area contributed by atoms with Gasteiger partial charge in [0.15, 0.2) is 0 Å². The molecule has 0 saturated carbocycles. The zero-order chi connectivity index (χ0) is 17.0. The fourth-order valence-corrected chi connectivity index (χ4v) is 2.65. The Balaban J connectivity index is 1.92. The highest BCUT2D eigenvalue weighted by molar-refractivity contribution is 5.89. The molecule has 1 saturated heterocycles. The number of anilines is 2. The number of nitrogens with zero attached hydrogens (tertiary/aromatic N) is 2. The van der Waals surface area contributed by atoms with Gasteiger partial charge in [0.25, 0.3) is 0 Å². The smallest absolute Gasteiger partial charge is 0.319 e.